The van der Waals surface area contributed by atoms with E-state index in [0.29, 0.717) is 5.75 Å². The van der Waals surface area contributed by atoms with Crippen LogP contribution in [0.3, 0.4) is 0 Å². The zero-order valence-corrected chi connectivity index (χ0v) is 19.1. The molecular formula is C24H28N4O3S. The van der Waals surface area contributed by atoms with Crippen LogP contribution in [0.4, 0.5) is 5.69 Å². The number of benzene rings is 2. The Bertz CT molecular complexity index is 1110. The number of likely N-dealkylation sites (tertiary alicyclic amines) is 1. The molecule has 1 N–H and O–H groups in total. The number of para-hydroxylation sites is 2. The van der Waals surface area contributed by atoms with Crippen LogP contribution in [0.5, 0.6) is 11.5 Å². The zero-order valence-electron chi connectivity index (χ0n) is 18.3. The van der Waals surface area contributed by atoms with Gasteiger partial charge in [-0.3, -0.25) is 9.69 Å². The van der Waals surface area contributed by atoms with Gasteiger partial charge in [-0.2, -0.15) is 0 Å². The molecule has 2 aliphatic heterocycles. The Kier molecular flexibility index (Phi) is 6.23. The molecule has 0 unspecified atom stereocenters. The number of piperidine rings is 1. The number of nitrogens with one attached hydrogen (secondary N) is 1. The minimum Gasteiger partial charge on any atom is -0.454 e. The number of aromatic nitrogens is 2. The van der Waals surface area contributed by atoms with Gasteiger partial charge < -0.3 is 19.4 Å². The van der Waals surface area contributed by atoms with E-state index in [1.54, 1.807) is 0 Å². The lowest BCUT2D eigenvalue weighted by Crippen LogP contribution is -2.39. The van der Waals surface area contributed by atoms with Crippen molar-refractivity contribution in [3.8, 4) is 11.5 Å². The highest BCUT2D eigenvalue weighted by Crippen LogP contribution is 2.34. The van der Waals surface area contributed by atoms with Gasteiger partial charge in [-0.1, -0.05) is 30.8 Å². The predicted molar refractivity (Wildman–Crippen MR) is 126 cm³/mol. The summed E-state index contributed by atoms with van der Waals surface area (Å²) in [6.45, 7) is 5.02. The number of imidazole rings is 1. The summed E-state index contributed by atoms with van der Waals surface area (Å²) < 4.78 is 13.1. The van der Waals surface area contributed by atoms with Crippen molar-refractivity contribution >= 4 is 34.4 Å². The van der Waals surface area contributed by atoms with E-state index < -0.39 is 0 Å². The maximum absolute atomic E-state index is 12.8. The van der Waals surface area contributed by atoms with E-state index in [9.17, 15) is 4.79 Å². The summed E-state index contributed by atoms with van der Waals surface area (Å²) in [5.74, 6) is 2.56. The highest BCUT2D eigenvalue weighted by Gasteiger charge is 2.26. The highest BCUT2D eigenvalue weighted by molar-refractivity contribution is 7.99. The summed E-state index contributed by atoms with van der Waals surface area (Å²) in [4.78, 5) is 20.1. The molecule has 7 nitrogen and oxygen atoms in total. The summed E-state index contributed by atoms with van der Waals surface area (Å²) >= 11 is 1.82. The first kappa shape index (κ1) is 21.2. The van der Waals surface area contributed by atoms with Gasteiger partial charge in [-0.25, -0.2) is 4.98 Å². The van der Waals surface area contributed by atoms with Gasteiger partial charge in [0.15, 0.2) is 16.7 Å². The lowest BCUT2D eigenvalue weighted by molar-refractivity contribution is -0.121. The van der Waals surface area contributed by atoms with E-state index in [-0.39, 0.29) is 18.6 Å². The fourth-order valence-corrected chi connectivity index (χ4v) is 5.11. The molecule has 0 saturated carbocycles. The van der Waals surface area contributed by atoms with Crippen LogP contribution in [-0.2, 0) is 11.5 Å². The third-order valence-corrected chi connectivity index (χ3v) is 7.18. The first-order valence-corrected chi connectivity index (χ1v) is 12.2. The quantitative estimate of drug-likeness (QED) is 0.530. The number of rotatable bonds is 7. The third kappa shape index (κ3) is 4.42. The van der Waals surface area contributed by atoms with Gasteiger partial charge in [0.05, 0.1) is 17.7 Å². The third-order valence-electron chi connectivity index (χ3n) is 5.99. The average molecular weight is 453 g/mol. The van der Waals surface area contributed by atoms with Crippen molar-refractivity contribution in [2.24, 2.45) is 5.92 Å². The highest BCUT2D eigenvalue weighted by atomic mass is 32.2. The van der Waals surface area contributed by atoms with E-state index in [0.717, 1.165) is 66.9 Å². The molecule has 8 heteroatoms. The summed E-state index contributed by atoms with van der Waals surface area (Å²) in [5.41, 5.74) is 2.97. The second-order valence-corrected chi connectivity index (χ2v) is 9.31. The second-order valence-electron chi connectivity index (χ2n) is 8.25. The molecule has 1 fully saturated rings. The molecule has 5 rings (SSSR count). The molecule has 0 aliphatic carbocycles. The Balaban J connectivity index is 1.20. The molecule has 2 aromatic carbocycles. The molecule has 1 amide bonds. The van der Waals surface area contributed by atoms with E-state index in [4.69, 9.17) is 14.5 Å². The number of carbonyl (C=O) groups is 1. The summed E-state index contributed by atoms with van der Waals surface area (Å²) in [7, 11) is 0. The number of hydrogen-bond donors (Lipinski definition) is 1. The Labute approximate surface area is 192 Å². The maximum Gasteiger partial charge on any atom is 0.231 e. The maximum atomic E-state index is 12.8. The molecule has 32 heavy (non-hydrogen) atoms. The van der Waals surface area contributed by atoms with Crippen molar-refractivity contribution in [2.45, 2.75) is 38.0 Å². The van der Waals surface area contributed by atoms with Gasteiger partial charge in [-0.15, -0.1) is 0 Å². The molecular weight excluding hydrogens is 424 g/mol. The minimum atomic E-state index is 0.0186. The van der Waals surface area contributed by atoms with E-state index in [1.165, 1.54) is 5.52 Å². The number of ether oxygens (including phenoxy) is 2. The van der Waals surface area contributed by atoms with Crippen molar-refractivity contribution in [2.75, 3.05) is 31.0 Å². The summed E-state index contributed by atoms with van der Waals surface area (Å²) in [6.07, 6.45) is 2.82. The van der Waals surface area contributed by atoms with Crippen LogP contribution in [0.2, 0.25) is 0 Å². The Morgan fingerprint density at radius 2 is 1.97 bits per heavy atom. The minimum absolute atomic E-state index is 0.0186. The first-order valence-electron chi connectivity index (χ1n) is 11.2. The number of anilines is 1. The van der Waals surface area contributed by atoms with Crippen LogP contribution in [0.25, 0.3) is 11.0 Å². The number of nitrogens with zero attached hydrogens (tertiary/aromatic N) is 3. The molecule has 3 heterocycles. The molecule has 2 aliphatic rings. The van der Waals surface area contributed by atoms with Gasteiger partial charge in [0.25, 0.3) is 0 Å². The number of fused-ring (bicyclic) bond motifs is 2. The van der Waals surface area contributed by atoms with Crippen molar-refractivity contribution in [3.63, 3.8) is 0 Å². The van der Waals surface area contributed by atoms with Crippen LogP contribution in [0.15, 0.2) is 47.6 Å². The molecule has 168 valence electrons. The fraction of sp³-hybridized carbons (Fsp3) is 0.417. The monoisotopic (exact) mass is 452 g/mol. The van der Waals surface area contributed by atoms with Crippen LogP contribution >= 0.6 is 11.8 Å². The molecule has 0 bridgehead atoms. The van der Waals surface area contributed by atoms with E-state index in [2.05, 4.69) is 39.9 Å². The zero-order chi connectivity index (χ0) is 21.9. The molecule has 3 aromatic rings. The molecule has 1 aromatic heterocycles. The number of thioether (sulfide) groups is 1. The Hall–Kier alpha value is -2.71. The van der Waals surface area contributed by atoms with Crippen molar-refractivity contribution in [1.29, 1.82) is 0 Å². The lowest BCUT2D eigenvalue weighted by Gasteiger charge is -2.31. The molecule has 1 saturated heterocycles. The predicted octanol–water partition coefficient (Wildman–Crippen LogP) is 4.58. The topological polar surface area (TPSA) is 68.6 Å². The largest absolute Gasteiger partial charge is 0.454 e. The molecule has 0 atom stereocenters. The van der Waals surface area contributed by atoms with Gasteiger partial charge in [-0.05, 0) is 43.5 Å². The van der Waals surface area contributed by atoms with Gasteiger partial charge >= 0.3 is 0 Å². The standard InChI is InChI=1S/C24H28N4O3S/c1-2-13-32-24-26-19-5-3-4-6-20(19)28(24)15-27-11-9-17(10-12-27)23(29)25-18-7-8-21-22(14-18)31-16-30-21/h3-8,14,17H,2,9-13,15-16H2,1H3,(H,25,29). The fourth-order valence-electron chi connectivity index (χ4n) is 4.25. The van der Waals surface area contributed by atoms with Crippen LogP contribution in [-0.4, -0.2) is 46.0 Å². The average Bonchev–Trinajstić information content (AvgIpc) is 3.42. The first-order chi connectivity index (χ1) is 15.7. The van der Waals surface area contributed by atoms with Crippen LogP contribution < -0.4 is 14.8 Å². The number of carbonyl (C=O) groups excluding carboxylic acids is 1. The van der Waals surface area contributed by atoms with Gasteiger partial charge in [0.1, 0.15) is 0 Å². The summed E-state index contributed by atoms with van der Waals surface area (Å²) in [5, 5.41) is 4.13. The second kappa shape index (κ2) is 9.42. The SMILES string of the molecule is CCCSc1nc2ccccc2n1CN1CCC(C(=O)Nc2ccc3c(c2)OCO3)CC1. The Morgan fingerprint density at radius 1 is 1.16 bits per heavy atom. The van der Waals surface area contributed by atoms with Crippen molar-refractivity contribution in [3.05, 3.63) is 42.5 Å². The number of amides is 1. The Morgan fingerprint density at radius 3 is 2.81 bits per heavy atom. The van der Waals surface area contributed by atoms with Crippen molar-refractivity contribution in [1.82, 2.24) is 14.5 Å². The van der Waals surface area contributed by atoms with Gasteiger partial charge in [0, 0.05) is 36.5 Å². The normalized spacial score (nSPS) is 16.5. The van der Waals surface area contributed by atoms with E-state index >= 15 is 0 Å². The van der Waals surface area contributed by atoms with E-state index in [1.807, 2.05) is 36.0 Å². The van der Waals surface area contributed by atoms with Crippen LogP contribution in [0, 0.1) is 5.92 Å². The lowest BCUT2D eigenvalue weighted by atomic mass is 9.96. The van der Waals surface area contributed by atoms with Crippen molar-refractivity contribution < 1.29 is 14.3 Å². The van der Waals surface area contributed by atoms with Crippen LogP contribution in [0.1, 0.15) is 26.2 Å². The molecule has 0 radical (unpaired) electrons. The van der Waals surface area contributed by atoms with Gasteiger partial charge in [0.2, 0.25) is 12.7 Å². The smallest absolute Gasteiger partial charge is 0.231 e. The summed E-state index contributed by atoms with van der Waals surface area (Å²) in [6, 6.07) is 13.9. The molecule has 0 spiro atoms. The number of hydrogen-bond acceptors (Lipinski definition) is 6.